The summed E-state index contributed by atoms with van der Waals surface area (Å²) in [6.07, 6.45) is 1.60. The van der Waals surface area contributed by atoms with Crippen LogP contribution in [-0.4, -0.2) is 22.3 Å². The van der Waals surface area contributed by atoms with Crippen molar-refractivity contribution >= 4 is 12.1 Å². The number of benzene rings is 2. The van der Waals surface area contributed by atoms with Crippen molar-refractivity contribution in [3.63, 3.8) is 0 Å². The van der Waals surface area contributed by atoms with Gasteiger partial charge in [0.15, 0.2) is 5.69 Å². The lowest BCUT2D eigenvalue weighted by Gasteiger charge is -2.01. The maximum absolute atomic E-state index is 11.8. The third kappa shape index (κ3) is 3.71. The zero-order chi connectivity index (χ0) is 16.1. The van der Waals surface area contributed by atoms with E-state index in [1.54, 1.807) is 12.3 Å². The van der Waals surface area contributed by atoms with Crippen molar-refractivity contribution in [3.8, 4) is 11.1 Å². The quantitative estimate of drug-likeness (QED) is 0.574. The molecule has 1 amide bonds. The Hall–Kier alpha value is -3.21. The van der Waals surface area contributed by atoms with E-state index < -0.39 is 0 Å². The van der Waals surface area contributed by atoms with Crippen LogP contribution in [0.3, 0.4) is 0 Å². The van der Waals surface area contributed by atoms with Crippen molar-refractivity contribution in [1.82, 2.24) is 15.6 Å². The molecular formula is C18H16N4O. The van der Waals surface area contributed by atoms with Gasteiger partial charge < -0.3 is 0 Å². The number of hydrogen-bond acceptors (Lipinski definition) is 3. The molecule has 3 rings (SSSR count). The van der Waals surface area contributed by atoms with Crippen LogP contribution in [0.5, 0.6) is 0 Å². The largest absolute Gasteiger partial charge is 0.291 e. The molecule has 0 fully saturated rings. The number of carbonyl (C=O) groups excluding carboxylic acids is 1. The first-order chi connectivity index (χ1) is 11.2. The van der Waals surface area contributed by atoms with Crippen LogP contribution >= 0.6 is 0 Å². The van der Waals surface area contributed by atoms with Gasteiger partial charge >= 0.3 is 0 Å². The van der Waals surface area contributed by atoms with Crippen LogP contribution in [0.4, 0.5) is 0 Å². The smallest absolute Gasteiger partial charge is 0.282 e. The van der Waals surface area contributed by atoms with Crippen LogP contribution in [0.15, 0.2) is 65.8 Å². The SMILES string of the molecule is Cc1cc(C(=O)N/N=C\c2ccc(-c3ccccc3)cc2)n[nH]1. The number of hydrazone groups is 1. The summed E-state index contributed by atoms with van der Waals surface area (Å²) < 4.78 is 0. The molecule has 0 unspecified atom stereocenters. The Morgan fingerprint density at radius 3 is 2.43 bits per heavy atom. The number of nitrogens with one attached hydrogen (secondary N) is 2. The van der Waals surface area contributed by atoms with Crippen LogP contribution < -0.4 is 5.43 Å². The minimum absolute atomic E-state index is 0.319. The fourth-order valence-corrected chi connectivity index (χ4v) is 2.15. The summed E-state index contributed by atoms with van der Waals surface area (Å²) >= 11 is 0. The number of aryl methyl sites for hydroxylation is 1. The molecular weight excluding hydrogens is 288 g/mol. The van der Waals surface area contributed by atoms with E-state index in [0.29, 0.717) is 5.69 Å². The average Bonchev–Trinajstić information content (AvgIpc) is 3.03. The minimum atomic E-state index is -0.341. The lowest BCUT2D eigenvalue weighted by Crippen LogP contribution is -2.17. The van der Waals surface area contributed by atoms with Gasteiger partial charge in [-0.05, 0) is 29.7 Å². The maximum atomic E-state index is 11.8. The van der Waals surface area contributed by atoms with E-state index in [4.69, 9.17) is 0 Å². The van der Waals surface area contributed by atoms with Crippen molar-refractivity contribution < 1.29 is 4.79 Å². The molecule has 0 atom stereocenters. The van der Waals surface area contributed by atoms with Gasteiger partial charge in [0.05, 0.1) is 6.21 Å². The molecule has 2 N–H and O–H groups in total. The molecule has 23 heavy (non-hydrogen) atoms. The summed E-state index contributed by atoms with van der Waals surface area (Å²) in [6, 6.07) is 19.8. The highest BCUT2D eigenvalue weighted by atomic mass is 16.2. The molecule has 5 nitrogen and oxygen atoms in total. The highest BCUT2D eigenvalue weighted by Crippen LogP contribution is 2.18. The molecule has 1 aromatic heterocycles. The van der Waals surface area contributed by atoms with Gasteiger partial charge in [-0.15, -0.1) is 0 Å². The first-order valence-corrected chi connectivity index (χ1v) is 7.23. The number of hydrogen-bond donors (Lipinski definition) is 2. The van der Waals surface area contributed by atoms with Crippen LogP contribution in [0.2, 0.25) is 0 Å². The lowest BCUT2D eigenvalue weighted by molar-refractivity contribution is 0.0950. The van der Waals surface area contributed by atoms with Crippen molar-refractivity contribution in [2.24, 2.45) is 5.10 Å². The summed E-state index contributed by atoms with van der Waals surface area (Å²) in [4.78, 5) is 11.8. The van der Waals surface area contributed by atoms with E-state index in [2.05, 4.69) is 32.9 Å². The fourth-order valence-electron chi connectivity index (χ4n) is 2.15. The van der Waals surface area contributed by atoms with Gasteiger partial charge in [-0.1, -0.05) is 54.6 Å². The number of amides is 1. The zero-order valence-electron chi connectivity index (χ0n) is 12.7. The summed E-state index contributed by atoms with van der Waals surface area (Å²) in [7, 11) is 0. The molecule has 0 bridgehead atoms. The van der Waals surface area contributed by atoms with Crippen molar-refractivity contribution in [2.45, 2.75) is 6.92 Å². The number of aromatic amines is 1. The van der Waals surface area contributed by atoms with Gasteiger partial charge in [0, 0.05) is 5.69 Å². The van der Waals surface area contributed by atoms with Gasteiger partial charge in [-0.3, -0.25) is 9.89 Å². The number of aromatic nitrogens is 2. The topological polar surface area (TPSA) is 70.1 Å². The van der Waals surface area contributed by atoms with Crippen molar-refractivity contribution in [1.29, 1.82) is 0 Å². The van der Waals surface area contributed by atoms with Crippen LogP contribution in [0.25, 0.3) is 11.1 Å². The Morgan fingerprint density at radius 2 is 1.78 bits per heavy atom. The van der Waals surface area contributed by atoms with E-state index in [-0.39, 0.29) is 5.91 Å². The van der Waals surface area contributed by atoms with Crippen molar-refractivity contribution in [2.75, 3.05) is 0 Å². The molecule has 2 aromatic carbocycles. The summed E-state index contributed by atoms with van der Waals surface area (Å²) in [5.74, 6) is -0.341. The Balaban J connectivity index is 1.63. The van der Waals surface area contributed by atoms with Crippen LogP contribution in [0.1, 0.15) is 21.7 Å². The second kappa shape index (κ2) is 6.70. The normalized spacial score (nSPS) is 10.8. The Labute approximate surface area is 134 Å². The first-order valence-electron chi connectivity index (χ1n) is 7.23. The van der Waals surface area contributed by atoms with E-state index in [9.17, 15) is 4.79 Å². The van der Waals surface area contributed by atoms with Gasteiger partial charge in [-0.25, -0.2) is 5.43 Å². The predicted octanol–water partition coefficient (Wildman–Crippen LogP) is 3.15. The van der Waals surface area contributed by atoms with E-state index in [0.717, 1.165) is 22.4 Å². The molecule has 0 saturated carbocycles. The lowest BCUT2D eigenvalue weighted by atomic mass is 10.0. The maximum Gasteiger partial charge on any atom is 0.291 e. The van der Waals surface area contributed by atoms with Gasteiger partial charge in [0.1, 0.15) is 0 Å². The molecule has 0 aliphatic rings. The third-order valence-corrected chi connectivity index (χ3v) is 3.34. The monoisotopic (exact) mass is 304 g/mol. The molecule has 5 heteroatoms. The molecule has 114 valence electrons. The summed E-state index contributed by atoms with van der Waals surface area (Å²) in [5, 5.41) is 10.5. The number of rotatable bonds is 4. The first kappa shape index (κ1) is 14.7. The second-order valence-electron chi connectivity index (χ2n) is 5.12. The second-order valence-corrected chi connectivity index (χ2v) is 5.12. The molecule has 0 aliphatic carbocycles. The molecule has 0 aliphatic heterocycles. The Bertz CT molecular complexity index is 820. The standard InChI is InChI=1S/C18H16N4O/c1-13-11-17(21-20-13)18(23)22-19-12-14-7-9-16(10-8-14)15-5-3-2-4-6-15/h2-12H,1H3,(H,20,21)(H,22,23)/b19-12-. The Kier molecular flexibility index (Phi) is 4.29. The molecule has 0 radical (unpaired) electrons. The number of nitrogens with zero attached hydrogens (tertiary/aromatic N) is 2. The third-order valence-electron chi connectivity index (χ3n) is 3.34. The fraction of sp³-hybridized carbons (Fsp3) is 0.0556. The van der Waals surface area contributed by atoms with E-state index >= 15 is 0 Å². The van der Waals surface area contributed by atoms with Gasteiger partial charge in [0.2, 0.25) is 0 Å². The van der Waals surface area contributed by atoms with Crippen LogP contribution in [-0.2, 0) is 0 Å². The van der Waals surface area contributed by atoms with E-state index in [1.807, 2.05) is 49.4 Å². The molecule has 0 spiro atoms. The molecule has 1 heterocycles. The zero-order valence-corrected chi connectivity index (χ0v) is 12.7. The highest BCUT2D eigenvalue weighted by molar-refractivity contribution is 5.93. The average molecular weight is 304 g/mol. The Morgan fingerprint density at radius 1 is 1.09 bits per heavy atom. The molecule has 3 aromatic rings. The summed E-state index contributed by atoms with van der Waals surface area (Å²) in [6.45, 7) is 1.83. The summed E-state index contributed by atoms with van der Waals surface area (Å²) in [5.41, 5.74) is 6.81. The minimum Gasteiger partial charge on any atom is -0.282 e. The number of carbonyl (C=O) groups is 1. The van der Waals surface area contributed by atoms with E-state index in [1.165, 1.54) is 0 Å². The predicted molar refractivity (Wildman–Crippen MR) is 90.3 cm³/mol. The highest BCUT2D eigenvalue weighted by Gasteiger charge is 2.07. The number of H-pyrrole nitrogens is 1. The van der Waals surface area contributed by atoms with Gasteiger partial charge in [0.25, 0.3) is 5.91 Å². The van der Waals surface area contributed by atoms with Gasteiger partial charge in [-0.2, -0.15) is 10.2 Å². The molecule has 0 saturated heterocycles. The van der Waals surface area contributed by atoms with Crippen LogP contribution in [0, 0.1) is 6.92 Å². The van der Waals surface area contributed by atoms with Crippen molar-refractivity contribution in [3.05, 3.63) is 77.6 Å².